The fourth-order valence-electron chi connectivity index (χ4n) is 1.88. The Bertz CT molecular complexity index is 599. The van der Waals surface area contributed by atoms with Crippen LogP contribution in [0.15, 0.2) is 53.0 Å². The van der Waals surface area contributed by atoms with Crippen LogP contribution in [-0.2, 0) is 17.8 Å². The minimum Gasteiger partial charge on any atom is -0.457 e. The highest BCUT2D eigenvalue weighted by molar-refractivity contribution is 9.10. The third-order valence-electron chi connectivity index (χ3n) is 2.85. The van der Waals surface area contributed by atoms with Gasteiger partial charge in [0.2, 0.25) is 0 Å². The lowest BCUT2D eigenvalue weighted by molar-refractivity contribution is 0.0472. The first-order chi connectivity index (χ1) is 9.69. The first-order valence-corrected chi connectivity index (χ1v) is 7.19. The predicted molar refractivity (Wildman–Crippen MR) is 82.5 cm³/mol. The van der Waals surface area contributed by atoms with E-state index in [1.165, 1.54) is 0 Å². The smallest absolute Gasteiger partial charge is 0.338 e. The Morgan fingerprint density at radius 3 is 2.60 bits per heavy atom. The molecule has 0 atom stereocenters. The van der Waals surface area contributed by atoms with Gasteiger partial charge in [0.1, 0.15) is 6.61 Å². The minimum atomic E-state index is -0.316. The number of benzene rings is 2. The average Bonchev–Trinajstić information content (AvgIpc) is 2.45. The summed E-state index contributed by atoms with van der Waals surface area (Å²) in [4.78, 5) is 12.0. The number of ether oxygens (including phenoxy) is 1. The van der Waals surface area contributed by atoms with Crippen LogP contribution in [0.1, 0.15) is 21.5 Å². The van der Waals surface area contributed by atoms with E-state index in [0.29, 0.717) is 12.1 Å². The Morgan fingerprint density at radius 2 is 1.85 bits per heavy atom. The molecule has 0 unspecified atom stereocenters. The molecular formula is C16H16BrNO2. The second-order valence-electron chi connectivity index (χ2n) is 4.45. The predicted octanol–water partition coefficient (Wildman–Crippen LogP) is 3.31. The van der Waals surface area contributed by atoms with Crippen molar-refractivity contribution in [2.24, 2.45) is 5.73 Å². The summed E-state index contributed by atoms with van der Waals surface area (Å²) in [5, 5.41) is 0. The standard InChI is InChI=1S/C16H16BrNO2/c17-15-6-2-4-13(10-15)11-20-16(19)14-5-1-3-12(9-14)7-8-18/h1-6,9-10H,7-8,11,18H2. The quantitative estimate of drug-likeness (QED) is 0.854. The number of hydrogen-bond acceptors (Lipinski definition) is 3. The molecule has 0 aromatic heterocycles. The van der Waals surface area contributed by atoms with Crippen molar-refractivity contribution in [1.82, 2.24) is 0 Å². The van der Waals surface area contributed by atoms with E-state index in [2.05, 4.69) is 15.9 Å². The summed E-state index contributed by atoms with van der Waals surface area (Å²) in [7, 11) is 0. The lowest BCUT2D eigenvalue weighted by Crippen LogP contribution is -2.07. The Hall–Kier alpha value is -1.65. The van der Waals surface area contributed by atoms with Crippen LogP contribution in [0.2, 0.25) is 0 Å². The van der Waals surface area contributed by atoms with Gasteiger partial charge in [0.05, 0.1) is 5.56 Å². The van der Waals surface area contributed by atoms with Crippen molar-refractivity contribution in [2.45, 2.75) is 13.0 Å². The molecule has 3 nitrogen and oxygen atoms in total. The van der Waals surface area contributed by atoms with E-state index < -0.39 is 0 Å². The molecule has 0 aliphatic heterocycles. The molecule has 0 aliphatic rings. The summed E-state index contributed by atoms with van der Waals surface area (Å²) in [6.45, 7) is 0.829. The van der Waals surface area contributed by atoms with Crippen molar-refractivity contribution in [3.63, 3.8) is 0 Å². The number of nitrogens with two attached hydrogens (primary N) is 1. The van der Waals surface area contributed by atoms with Crippen LogP contribution >= 0.6 is 15.9 Å². The van der Waals surface area contributed by atoms with E-state index >= 15 is 0 Å². The number of esters is 1. The largest absolute Gasteiger partial charge is 0.457 e. The van der Waals surface area contributed by atoms with Crippen LogP contribution in [0, 0.1) is 0 Å². The molecule has 0 fully saturated rings. The van der Waals surface area contributed by atoms with E-state index in [-0.39, 0.29) is 12.6 Å². The first kappa shape index (κ1) is 14.8. The molecule has 0 saturated heterocycles. The zero-order valence-electron chi connectivity index (χ0n) is 11.0. The van der Waals surface area contributed by atoms with Gasteiger partial charge < -0.3 is 10.5 Å². The third kappa shape index (κ3) is 4.18. The number of halogens is 1. The normalized spacial score (nSPS) is 10.3. The summed E-state index contributed by atoms with van der Waals surface area (Å²) < 4.78 is 6.28. The Balaban J connectivity index is 1.99. The Labute approximate surface area is 126 Å². The van der Waals surface area contributed by atoms with Gasteiger partial charge in [-0.3, -0.25) is 0 Å². The van der Waals surface area contributed by atoms with Crippen molar-refractivity contribution in [3.8, 4) is 0 Å². The zero-order valence-corrected chi connectivity index (χ0v) is 12.6. The van der Waals surface area contributed by atoms with E-state index in [4.69, 9.17) is 10.5 Å². The highest BCUT2D eigenvalue weighted by Crippen LogP contribution is 2.14. The molecule has 2 N–H and O–H groups in total. The van der Waals surface area contributed by atoms with E-state index in [1.54, 1.807) is 6.07 Å². The van der Waals surface area contributed by atoms with Gasteiger partial charge in [0.15, 0.2) is 0 Å². The van der Waals surface area contributed by atoms with E-state index in [0.717, 1.165) is 22.0 Å². The highest BCUT2D eigenvalue weighted by Gasteiger charge is 2.08. The van der Waals surface area contributed by atoms with Crippen LogP contribution in [0.4, 0.5) is 0 Å². The van der Waals surface area contributed by atoms with Gasteiger partial charge in [-0.15, -0.1) is 0 Å². The number of rotatable bonds is 5. The van der Waals surface area contributed by atoms with Crippen molar-refractivity contribution in [3.05, 3.63) is 69.7 Å². The molecule has 0 saturated carbocycles. The average molecular weight is 334 g/mol. The molecule has 0 aliphatic carbocycles. The van der Waals surface area contributed by atoms with E-state index in [1.807, 2.05) is 42.5 Å². The number of hydrogen-bond donors (Lipinski definition) is 1. The lowest BCUT2D eigenvalue weighted by atomic mass is 10.1. The van der Waals surface area contributed by atoms with Crippen LogP contribution in [0.3, 0.4) is 0 Å². The second kappa shape index (κ2) is 7.22. The molecule has 20 heavy (non-hydrogen) atoms. The van der Waals surface area contributed by atoms with Crippen LogP contribution in [0.5, 0.6) is 0 Å². The molecule has 0 spiro atoms. The summed E-state index contributed by atoms with van der Waals surface area (Å²) in [5.74, 6) is -0.316. The van der Waals surface area contributed by atoms with Gasteiger partial charge in [0, 0.05) is 4.47 Å². The first-order valence-electron chi connectivity index (χ1n) is 6.39. The highest BCUT2D eigenvalue weighted by atomic mass is 79.9. The molecule has 4 heteroatoms. The third-order valence-corrected chi connectivity index (χ3v) is 3.35. The molecule has 0 amide bonds. The molecular weight excluding hydrogens is 318 g/mol. The van der Waals surface area contributed by atoms with Crippen LogP contribution < -0.4 is 5.73 Å². The maximum absolute atomic E-state index is 12.0. The molecule has 2 rings (SSSR count). The maximum atomic E-state index is 12.0. The van der Waals surface area contributed by atoms with Gasteiger partial charge in [-0.25, -0.2) is 4.79 Å². The Kier molecular flexibility index (Phi) is 5.32. The monoisotopic (exact) mass is 333 g/mol. The van der Waals surface area contributed by atoms with Crippen molar-refractivity contribution in [2.75, 3.05) is 6.54 Å². The summed E-state index contributed by atoms with van der Waals surface area (Å²) >= 11 is 3.39. The van der Waals surface area contributed by atoms with Crippen molar-refractivity contribution in [1.29, 1.82) is 0 Å². The van der Waals surface area contributed by atoms with Crippen molar-refractivity contribution < 1.29 is 9.53 Å². The fraction of sp³-hybridized carbons (Fsp3) is 0.188. The maximum Gasteiger partial charge on any atom is 0.338 e. The van der Waals surface area contributed by atoms with Gasteiger partial charge in [-0.2, -0.15) is 0 Å². The van der Waals surface area contributed by atoms with Gasteiger partial charge in [0.25, 0.3) is 0 Å². The molecule has 104 valence electrons. The fourth-order valence-corrected chi connectivity index (χ4v) is 2.33. The molecule has 2 aromatic carbocycles. The zero-order chi connectivity index (χ0) is 14.4. The lowest BCUT2D eigenvalue weighted by Gasteiger charge is -2.07. The molecule has 0 bridgehead atoms. The SMILES string of the molecule is NCCc1cccc(C(=O)OCc2cccc(Br)c2)c1. The van der Waals surface area contributed by atoms with Crippen molar-refractivity contribution >= 4 is 21.9 Å². The summed E-state index contributed by atoms with van der Waals surface area (Å²) in [6, 6.07) is 15.1. The van der Waals surface area contributed by atoms with Gasteiger partial charge in [-0.1, -0.05) is 40.2 Å². The molecule has 0 radical (unpaired) electrons. The summed E-state index contributed by atoms with van der Waals surface area (Å²) in [5.41, 5.74) is 8.07. The van der Waals surface area contributed by atoms with E-state index in [9.17, 15) is 4.79 Å². The minimum absolute atomic E-state index is 0.263. The number of carbonyl (C=O) groups excluding carboxylic acids is 1. The van der Waals surface area contributed by atoms with Gasteiger partial charge in [-0.05, 0) is 48.4 Å². The molecule has 0 heterocycles. The summed E-state index contributed by atoms with van der Waals surface area (Å²) in [6.07, 6.45) is 0.757. The molecule has 2 aromatic rings. The van der Waals surface area contributed by atoms with Crippen LogP contribution in [0.25, 0.3) is 0 Å². The van der Waals surface area contributed by atoms with Gasteiger partial charge >= 0.3 is 5.97 Å². The second-order valence-corrected chi connectivity index (χ2v) is 5.36. The van der Waals surface area contributed by atoms with Crippen LogP contribution in [-0.4, -0.2) is 12.5 Å². The topological polar surface area (TPSA) is 52.3 Å². The Morgan fingerprint density at radius 1 is 1.10 bits per heavy atom. The number of carbonyl (C=O) groups is 1.